The van der Waals surface area contributed by atoms with Crippen LogP contribution in [0.2, 0.25) is 17.3 Å². The number of benzene rings is 3. The van der Waals surface area contributed by atoms with Crippen molar-refractivity contribution in [3.63, 3.8) is 0 Å². The van der Waals surface area contributed by atoms with Gasteiger partial charge in [0.25, 0.3) is 0 Å². The van der Waals surface area contributed by atoms with E-state index in [0.717, 1.165) is 33.1 Å². The fourth-order valence-corrected chi connectivity index (χ4v) is 7.89. The Labute approximate surface area is 183 Å². The molecule has 0 saturated heterocycles. The van der Waals surface area contributed by atoms with Crippen molar-refractivity contribution in [3.05, 3.63) is 79.0 Å². The van der Waals surface area contributed by atoms with Gasteiger partial charge in [-0.1, -0.05) is 0 Å². The Bertz CT molecular complexity index is 1630. The maximum atomic E-state index is 6.21. The molecule has 0 radical (unpaired) electrons. The van der Waals surface area contributed by atoms with Gasteiger partial charge in [0.2, 0.25) is 0 Å². The molecule has 0 aliphatic carbocycles. The van der Waals surface area contributed by atoms with Crippen molar-refractivity contribution < 1.29 is 4.42 Å². The van der Waals surface area contributed by atoms with E-state index >= 15 is 0 Å². The zero-order chi connectivity index (χ0) is 21.2. The fourth-order valence-electron chi connectivity index (χ4n) is 4.57. The Kier molecular flexibility index (Phi) is 3.99. The number of rotatable bonds is 2. The number of hydrogen-bond acceptors (Lipinski definition) is 3. The zero-order valence-corrected chi connectivity index (χ0v) is 19.9. The Morgan fingerprint density at radius 2 is 1.58 bits per heavy atom. The van der Waals surface area contributed by atoms with Gasteiger partial charge in [-0.2, -0.15) is 0 Å². The number of aromatic nitrogens is 2. The summed E-state index contributed by atoms with van der Waals surface area (Å²) in [6.07, 6.45) is 1.77. The van der Waals surface area contributed by atoms with Crippen molar-refractivity contribution in [2.45, 2.75) is 17.3 Å². The summed E-state index contributed by atoms with van der Waals surface area (Å²) < 4.78 is 7.69. The van der Waals surface area contributed by atoms with E-state index in [4.69, 9.17) is 9.40 Å². The van der Waals surface area contributed by atoms with Crippen molar-refractivity contribution >= 4 is 61.4 Å². The summed E-state index contributed by atoms with van der Waals surface area (Å²) in [5, 5.41) is 6.00. The first-order chi connectivity index (χ1) is 15.0. The van der Waals surface area contributed by atoms with Gasteiger partial charge in [0.15, 0.2) is 0 Å². The molecule has 150 valence electrons. The van der Waals surface area contributed by atoms with Crippen LogP contribution in [0, 0.1) is 0 Å². The van der Waals surface area contributed by atoms with Crippen LogP contribution in [0.1, 0.15) is 0 Å². The summed E-state index contributed by atoms with van der Waals surface area (Å²) in [7, 11) is 0. The van der Waals surface area contributed by atoms with E-state index < -0.39 is 13.3 Å². The summed E-state index contributed by atoms with van der Waals surface area (Å²) in [6, 6.07) is 25.6. The van der Waals surface area contributed by atoms with Gasteiger partial charge in [0, 0.05) is 0 Å². The molecule has 6 aromatic rings. The second-order valence-corrected chi connectivity index (χ2v) is 19.7. The Morgan fingerprint density at radius 1 is 0.774 bits per heavy atom. The third-order valence-corrected chi connectivity index (χ3v) is 10.3. The third-order valence-electron chi connectivity index (χ3n) is 6.06. The number of para-hydroxylation sites is 1. The molecule has 0 bridgehead atoms. The first-order valence-corrected chi connectivity index (χ1v) is 17.9. The molecule has 3 aromatic heterocycles. The molecular weight excluding hydrogens is 441 g/mol. The van der Waals surface area contributed by atoms with Crippen molar-refractivity contribution in [1.29, 1.82) is 0 Å². The molecule has 3 heterocycles. The molecule has 0 amide bonds. The Morgan fingerprint density at radius 3 is 2.45 bits per heavy atom. The third kappa shape index (κ3) is 2.87. The average molecular weight is 463 g/mol. The summed E-state index contributed by atoms with van der Waals surface area (Å²) in [5.41, 5.74) is 4.58. The van der Waals surface area contributed by atoms with Crippen LogP contribution in [0.3, 0.4) is 0 Å². The summed E-state index contributed by atoms with van der Waals surface area (Å²) in [6.45, 7) is 0. The van der Waals surface area contributed by atoms with Gasteiger partial charge in [-0.3, -0.25) is 0 Å². The van der Waals surface area contributed by atoms with Crippen molar-refractivity contribution in [2.75, 3.05) is 0 Å². The van der Waals surface area contributed by atoms with E-state index in [0.29, 0.717) is 5.71 Å². The number of furan rings is 1. The van der Waals surface area contributed by atoms with Crippen LogP contribution in [0.4, 0.5) is 0 Å². The average Bonchev–Trinajstić information content (AvgIpc) is 3.16. The van der Waals surface area contributed by atoms with Crippen LogP contribution in [0.5, 0.6) is 0 Å². The standard InChI is InChI=1S/C27H22GeN2O/c1-28(2,3)22-16-24(30-23-14-13-17-8-4-5-9-18(17)25(22)23)21-11-6-10-19-20-12-7-15-29-27(20)31-26(19)21/h4-16H,1-3H3. The molecule has 3 aromatic carbocycles. The van der Waals surface area contributed by atoms with Crippen LogP contribution < -0.4 is 4.40 Å². The zero-order valence-electron chi connectivity index (χ0n) is 17.8. The van der Waals surface area contributed by atoms with E-state index in [1.54, 1.807) is 6.20 Å². The molecule has 0 N–H and O–H groups in total. The summed E-state index contributed by atoms with van der Waals surface area (Å²) >= 11 is -2.23. The van der Waals surface area contributed by atoms with Crippen LogP contribution in [0.25, 0.3) is 55.0 Å². The summed E-state index contributed by atoms with van der Waals surface area (Å²) in [5.74, 6) is 7.35. The molecule has 0 aliphatic rings. The molecule has 0 saturated carbocycles. The van der Waals surface area contributed by atoms with E-state index in [9.17, 15) is 0 Å². The maximum absolute atomic E-state index is 6.21. The number of nitrogens with zero attached hydrogens (tertiary/aromatic N) is 2. The van der Waals surface area contributed by atoms with Gasteiger partial charge in [-0.15, -0.1) is 0 Å². The van der Waals surface area contributed by atoms with Gasteiger partial charge in [0.05, 0.1) is 0 Å². The molecule has 4 heteroatoms. The monoisotopic (exact) mass is 464 g/mol. The Balaban J connectivity index is 1.72. The van der Waals surface area contributed by atoms with E-state index in [1.807, 2.05) is 6.07 Å². The van der Waals surface area contributed by atoms with Crippen LogP contribution >= 0.6 is 0 Å². The topological polar surface area (TPSA) is 38.9 Å². The molecule has 3 nitrogen and oxygen atoms in total. The number of hydrogen-bond donors (Lipinski definition) is 0. The second kappa shape index (κ2) is 6.66. The van der Waals surface area contributed by atoms with E-state index in [-0.39, 0.29) is 0 Å². The van der Waals surface area contributed by atoms with Gasteiger partial charge in [0.1, 0.15) is 0 Å². The molecule has 0 fully saturated rings. The predicted molar refractivity (Wildman–Crippen MR) is 133 cm³/mol. The van der Waals surface area contributed by atoms with E-state index in [2.05, 4.69) is 89.0 Å². The molecule has 0 unspecified atom stereocenters. The van der Waals surface area contributed by atoms with Crippen molar-refractivity contribution in [1.82, 2.24) is 9.97 Å². The van der Waals surface area contributed by atoms with Crippen molar-refractivity contribution in [3.8, 4) is 11.3 Å². The molecule has 0 aliphatic heterocycles. The fraction of sp³-hybridized carbons (Fsp3) is 0.111. The summed E-state index contributed by atoms with van der Waals surface area (Å²) in [4.78, 5) is 9.56. The second-order valence-electron chi connectivity index (χ2n) is 9.13. The van der Waals surface area contributed by atoms with Gasteiger partial charge < -0.3 is 0 Å². The number of fused-ring (bicyclic) bond motifs is 6. The quantitative estimate of drug-likeness (QED) is 0.207. The van der Waals surface area contributed by atoms with Gasteiger partial charge in [-0.25, -0.2) is 0 Å². The van der Waals surface area contributed by atoms with Crippen molar-refractivity contribution in [2.24, 2.45) is 0 Å². The molecule has 6 rings (SSSR count). The minimum absolute atomic E-state index is 0.672. The SMILES string of the molecule is [CH3][Ge]([CH3])([CH3])[c]1cc(-c2cccc3c2oc2ncccc23)nc2ccc3ccccc3c12. The predicted octanol–water partition coefficient (Wildman–Crippen LogP) is 6.89. The molecular formula is C27H22GeN2O. The first-order valence-electron chi connectivity index (χ1n) is 10.6. The minimum atomic E-state index is -2.23. The van der Waals surface area contributed by atoms with Gasteiger partial charge in [-0.05, 0) is 0 Å². The Hall–Kier alpha value is -3.18. The molecule has 31 heavy (non-hydrogen) atoms. The van der Waals surface area contributed by atoms with Crippen LogP contribution in [-0.2, 0) is 0 Å². The van der Waals surface area contributed by atoms with E-state index in [1.165, 1.54) is 20.6 Å². The van der Waals surface area contributed by atoms with Crippen LogP contribution in [0.15, 0.2) is 83.4 Å². The molecule has 0 spiro atoms. The first kappa shape index (κ1) is 18.6. The normalized spacial score (nSPS) is 12.4. The number of pyridine rings is 2. The van der Waals surface area contributed by atoms with Crippen LogP contribution in [-0.4, -0.2) is 23.2 Å². The molecule has 0 atom stereocenters. The van der Waals surface area contributed by atoms with Gasteiger partial charge >= 0.3 is 183 Å².